The maximum absolute atomic E-state index is 9.68. The van der Waals surface area contributed by atoms with E-state index in [9.17, 15) is 10.2 Å². The molecule has 5 heteroatoms. The number of hydrogen-bond acceptors (Lipinski definition) is 5. The Morgan fingerprint density at radius 1 is 0.840 bits per heavy atom. The lowest BCUT2D eigenvalue weighted by Crippen LogP contribution is -1.93. The van der Waals surface area contributed by atoms with Gasteiger partial charge in [0.25, 0.3) is 0 Å². The van der Waals surface area contributed by atoms with E-state index in [0.717, 1.165) is 21.9 Å². The summed E-state index contributed by atoms with van der Waals surface area (Å²) < 4.78 is 5.33. The fraction of sp³-hybridized carbons (Fsp3) is 0.100. The van der Waals surface area contributed by atoms with E-state index in [-0.39, 0.29) is 11.5 Å². The zero-order valence-electron chi connectivity index (χ0n) is 13.8. The number of ether oxygens (including phenoxy) is 1. The summed E-state index contributed by atoms with van der Waals surface area (Å²) in [7, 11) is 0. The molecule has 0 heterocycles. The molecule has 0 aliphatic rings. The van der Waals surface area contributed by atoms with Crippen LogP contribution in [0.5, 0.6) is 17.2 Å². The van der Waals surface area contributed by atoms with Gasteiger partial charge in [0.1, 0.15) is 5.75 Å². The molecule has 3 aromatic carbocycles. The predicted molar refractivity (Wildman–Crippen MR) is 100 cm³/mol. The third-order valence-corrected chi connectivity index (χ3v) is 3.61. The molecule has 0 aromatic heterocycles. The van der Waals surface area contributed by atoms with Crippen molar-refractivity contribution in [1.82, 2.24) is 0 Å². The van der Waals surface area contributed by atoms with Gasteiger partial charge in [-0.05, 0) is 65.2 Å². The van der Waals surface area contributed by atoms with Crippen LogP contribution >= 0.6 is 0 Å². The number of aromatic hydroxyl groups is 2. The summed E-state index contributed by atoms with van der Waals surface area (Å²) in [6.45, 7) is 2.33. The van der Waals surface area contributed by atoms with Gasteiger partial charge < -0.3 is 14.9 Å². The van der Waals surface area contributed by atoms with Crippen molar-refractivity contribution in [3.63, 3.8) is 0 Å². The Kier molecular flexibility index (Phi) is 4.95. The lowest BCUT2D eigenvalue weighted by atomic mass is 10.1. The van der Waals surface area contributed by atoms with Crippen LogP contribution in [0.2, 0.25) is 0 Å². The molecule has 0 saturated carbocycles. The highest BCUT2D eigenvalue weighted by Gasteiger charge is 2.01. The first-order valence-corrected chi connectivity index (χ1v) is 7.90. The first-order chi connectivity index (χ1) is 12.2. The van der Waals surface area contributed by atoms with E-state index in [1.54, 1.807) is 42.8 Å². The second-order valence-corrected chi connectivity index (χ2v) is 5.44. The maximum atomic E-state index is 9.68. The minimum atomic E-state index is 0.102. The Bertz CT molecular complexity index is 949. The molecule has 0 aliphatic carbocycles. The van der Waals surface area contributed by atoms with Gasteiger partial charge in [-0.15, -0.1) is 0 Å². The number of hydrogen-bond donors (Lipinski definition) is 2. The summed E-state index contributed by atoms with van der Waals surface area (Å²) >= 11 is 0. The molecule has 3 aromatic rings. The van der Waals surface area contributed by atoms with E-state index in [4.69, 9.17) is 4.74 Å². The van der Waals surface area contributed by atoms with E-state index < -0.39 is 0 Å². The monoisotopic (exact) mass is 334 g/mol. The van der Waals surface area contributed by atoms with Gasteiger partial charge in [0.2, 0.25) is 0 Å². The number of fused-ring (bicyclic) bond motifs is 1. The van der Waals surface area contributed by atoms with Crippen molar-refractivity contribution in [2.75, 3.05) is 6.61 Å². The van der Waals surface area contributed by atoms with E-state index >= 15 is 0 Å². The highest BCUT2D eigenvalue weighted by Crippen LogP contribution is 2.26. The summed E-state index contributed by atoms with van der Waals surface area (Å²) in [6, 6.07) is 16.0. The molecule has 0 radical (unpaired) electrons. The van der Waals surface area contributed by atoms with Crippen molar-refractivity contribution in [2.45, 2.75) is 6.92 Å². The van der Waals surface area contributed by atoms with Gasteiger partial charge in [-0.3, -0.25) is 0 Å². The smallest absolute Gasteiger partial charge is 0.161 e. The van der Waals surface area contributed by atoms with E-state index in [1.807, 2.05) is 31.2 Å². The van der Waals surface area contributed by atoms with E-state index in [0.29, 0.717) is 12.4 Å². The number of nitrogens with zero attached hydrogens (tertiary/aromatic N) is 2. The highest BCUT2D eigenvalue weighted by atomic mass is 16.5. The molecular formula is C20H18N2O3. The van der Waals surface area contributed by atoms with Gasteiger partial charge in [-0.1, -0.05) is 18.2 Å². The summed E-state index contributed by atoms with van der Waals surface area (Å²) in [5.74, 6) is 0.775. The minimum Gasteiger partial charge on any atom is -0.508 e. The molecule has 5 nitrogen and oxygen atoms in total. The van der Waals surface area contributed by atoms with Gasteiger partial charge in [0, 0.05) is 0 Å². The fourth-order valence-electron chi connectivity index (χ4n) is 2.41. The summed E-state index contributed by atoms with van der Waals surface area (Å²) in [6.07, 6.45) is 3.25. The quantitative estimate of drug-likeness (QED) is 0.545. The lowest BCUT2D eigenvalue weighted by Gasteiger charge is -2.05. The molecule has 126 valence electrons. The van der Waals surface area contributed by atoms with E-state index in [1.165, 1.54) is 0 Å². The van der Waals surface area contributed by atoms with Crippen LogP contribution in [0.4, 0.5) is 0 Å². The largest absolute Gasteiger partial charge is 0.508 e. The Balaban J connectivity index is 1.73. The second kappa shape index (κ2) is 7.49. The summed E-state index contributed by atoms with van der Waals surface area (Å²) in [5, 5.41) is 29.2. The Hall–Kier alpha value is -3.34. The van der Waals surface area contributed by atoms with Crippen LogP contribution in [-0.4, -0.2) is 29.2 Å². The van der Waals surface area contributed by atoms with Crippen molar-refractivity contribution in [1.29, 1.82) is 0 Å². The molecule has 0 fully saturated rings. The van der Waals surface area contributed by atoms with Crippen LogP contribution in [0.15, 0.2) is 64.8 Å². The Morgan fingerprint density at radius 3 is 2.24 bits per heavy atom. The minimum absolute atomic E-state index is 0.102. The van der Waals surface area contributed by atoms with Crippen molar-refractivity contribution in [2.24, 2.45) is 10.2 Å². The van der Waals surface area contributed by atoms with Gasteiger partial charge in [-0.25, -0.2) is 0 Å². The molecule has 0 amide bonds. The Labute approximate surface area is 145 Å². The number of phenolic OH excluding ortho intramolecular Hbond substituents is 2. The summed E-state index contributed by atoms with van der Waals surface area (Å²) in [5.41, 5.74) is 1.70. The van der Waals surface area contributed by atoms with Crippen LogP contribution in [0, 0.1) is 0 Å². The molecule has 2 N–H and O–H groups in total. The second-order valence-electron chi connectivity index (χ2n) is 5.44. The van der Waals surface area contributed by atoms with Crippen molar-refractivity contribution >= 4 is 23.2 Å². The first kappa shape index (κ1) is 16.5. The summed E-state index contributed by atoms with van der Waals surface area (Å²) in [4.78, 5) is 0. The number of rotatable bonds is 5. The van der Waals surface area contributed by atoms with Crippen molar-refractivity contribution < 1.29 is 14.9 Å². The van der Waals surface area contributed by atoms with Crippen LogP contribution in [0.25, 0.3) is 10.8 Å². The molecule has 3 rings (SSSR count). The molecule has 0 unspecified atom stereocenters. The standard InChI is InChI=1S/C20H18N2O3/c1-2-25-20-10-15(4-8-19(20)24)13-22-21-12-14-3-5-17-11-18(23)7-6-16(17)9-14/h3-13,23-24H,2H2,1H3. The maximum Gasteiger partial charge on any atom is 0.161 e. The van der Waals surface area contributed by atoms with Crippen LogP contribution in [-0.2, 0) is 0 Å². The molecular weight excluding hydrogens is 316 g/mol. The van der Waals surface area contributed by atoms with Crippen LogP contribution < -0.4 is 4.74 Å². The average molecular weight is 334 g/mol. The topological polar surface area (TPSA) is 74.4 Å². The van der Waals surface area contributed by atoms with Crippen molar-refractivity contribution in [3.8, 4) is 17.2 Å². The number of benzene rings is 3. The molecule has 0 bridgehead atoms. The zero-order chi connectivity index (χ0) is 17.6. The SMILES string of the molecule is CCOc1cc(C=NN=Cc2ccc3cc(O)ccc3c2)ccc1O. The molecule has 25 heavy (non-hydrogen) atoms. The molecule has 0 spiro atoms. The highest BCUT2D eigenvalue weighted by molar-refractivity contribution is 5.91. The molecule has 0 aliphatic heterocycles. The molecule has 0 atom stereocenters. The third kappa shape index (κ3) is 4.14. The van der Waals surface area contributed by atoms with Crippen molar-refractivity contribution in [3.05, 3.63) is 65.7 Å². The van der Waals surface area contributed by atoms with Gasteiger partial charge in [-0.2, -0.15) is 10.2 Å². The van der Waals surface area contributed by atoms with Crippen LogP contribution in [0.3, 0.4) is 0 Å². The fourth-order valence-corrected chi connectivity index (χ4v) is 2.41. The Morgan fingerprint density at radius 2 is 1.48 bits per heavy atom. The lowest BCUT2D eigenvalue weighted by molar-refractivity contribution is 0.318. The molecule has 0 saturated heterocycles. The first-order valence-electron chi connectivity index (χ1n) is 7.90. The normalized spacial score (nSPS) is 11.6. The average Bonchev–Trinajstić information content (AvgIpc) is 2.61. The number of phenols is 2. The van der Waals surface area contributed by atoms with Gasteiger partial charge in [0.15, 0.2) is 11.5 Å². The van der Waals surface area contributed by atoms with Gasteiger partial charge in [0.05, 0.1) is 19.0 Å². The third-order valence-electron chi connectivity index (χ3n) is 3.61. The zero-order valence-corrected chi connectivity index (χ0v) is 13.8. The predicted octanol–water partition coefficient (Wildman–Crippen LogP) is 4.10. The van der Waals surface area contributed by atoms with Crippen LogP contribution in [0.1, 0.15) is 18.1 Å². The van der Waals surface area contributed by atoms with E-state index in [2.05, 4.69) is 10.2 Å². The van der Waals surface area contributed by atoms with Gasteiger partial charge >= 0.3 is 0 Å².